The van der Waals surface area contributed by atoms with Gasteiger partial charge in [-0.3, -0.25) is 4.68 Å². The molecule has 0 bridgehead atoms. The molecule has 0 fully saturated rings. The largest absolute Gasteiger partial charge is 0.338 e. The lowest BCUT2D eigenvalue weighted by Crippen LogP contribution is -2.08. The molecule has 0 saturated heterocycles. The maximum absolute atomic E-state index is 5.56. The summed E-state index contributed by atoms with van der Waals surface area (Å²) in [6, 6.07) is 4.00. The van der Waals surface area contributed by atoms with E-state index in [-0.39, 0.29) is 0 Å². The summed E-state index contributed by atoms with van der Waals surface area (Å²) in [6.45, 7) is 0. The number of hydrogen-bond donors (Lipinski definition) is 1. The molecule has 2 aromatic heterocycles. The minimum atomic E-state index is 0.706. The summed E-state index contributed by atoms with van der Waals surface area (Å²) in [5.74, 6) is 5.56. The average Bonchev–Trinajstić information content (AvgIpc) is 2.45. The van der Waals surface area contributed by atoms with Crippen molar-refractivity contribution in [1.82, 2.24) is 4.68 Å². The molecule has 11 heavy (non-hydrogen) atoms. The predicted octanol–water partition coefficient (Wildman–Crippen LogP) is 2.15. The Hall–Kier alpha value is -0.870. The van der Waals surface area contributed by atoms with Crippen LogP contribution in [0.2, 0.25) is 0 Å². The Morgan fingerprint density at radius 3 is 3.09 bits per heavy atom. The van der Waals surface area contributed by atoms with E-state index >= 15 is 0 Å². The Balaban J connectivity index is 3.05. The zero-order valence-corrected chi connectivity index (χ0v) is 7.28. The fourth-order valence-corrected chi connectivity index (χ4v) is 2.12. The molecule has 0 spiro atoms. The Kier molecular flexibility index (Phi) is 1.44. The van der Waals surface area contributed by atoms with Gasteiger partial charge < -0.3 is 5.84 Å². The summed E-state index contributed by atoms with van der Waals surface area (Å²) < 4.78 is 3.26. The Labute approximate surface area is 72.9 Å². The van der Waals surface area contributed by atoms with E-state index in [2.05, 4.69) is 0 Å². The van der Waals surface area contributed by atoms with Gasteiger partial charge in [0.1, 0.15) is 4.64 Å². The topological polar surface area (TPSA) is 30.9 Å². The van der Waals surface area contributed by atoms with Crippen LogP contribution >= 0.6 is 23.6 Å². The molecular formula is C7H6N2S2. The average molecular weight is 182 g/mol. The normalized spacial score (nSPS) is 10.5. The highest BCUT2D eigenvalue weighted by Crippen LogP contribution is 2.20. The first-order valence-corrected chi connectivity index (χ1v) is 4.42. The zero-order valence-electron chi connectivity index (χ0n) is 5.65. The van der Waals surface area contributed by atoms with Crippen LogP contribution in [0, 0.1) is 4.64 Å². The number of nitrogen functional groups attached to an aromatic ring is 1. The van der Waals surface area contributed by atoms with Gasteiger partial charge in [-0.15, -0.1) is 11.3 Å². The fraction of sp³-hybridized carbons (Fsp3) is 0. The fourth-order valence-electron chi connectivity index (χ4n) is 0.970. The van der Waals surface area contributed by atoms with Gasteiger partial charge in [0.05, 0.1) is 4.70 Å². The van der Waals surface area contributed by atoms with Crippen LogP contribution in [0.5, 0.6) is 0 Å². The molecular weight excluding hydrogens is 176 g/mol. The number of hydrogen-bond acceptors (Lipinski definition) is 3. The minimum absolute atomic E-state index is 0.706. The van der Waals surface area contributed by atoms with Gasteiger partial charge in [-0.25, -0.2) is 0 Å². The van der Waals surface area contributed by atoms with Crippen molar-refractivity contribution in [2.75, 3.05) is 5.84 Å². The SMILES string of the molecule is Nn1ccc2ccsc2c1=S. The summed E-state index contributed by atoms with van der Waals surface area (Å²) in [5.41, 5.74) is 0. The number of thiophene rings is 1. The third kappa shape index (κ3) is 0.948. The van der Waals surface area contributed by atoms with Gasteiger partial charge in [0.15, 0.2) is 0 Å². The molecule has 0 aromatic carbocycles. The zero-order chi connectivity index (χ0) is 7.84. The van der Waals surface area contributed by atoms with Crippen molar-refractivity contribution in [2.24, 2.45) is 0 Å². The molecule has 0 atom stereocenters. The highest BCUT2D eigenvalue weighted by Gasteiger charge is 1.96. The van der Waals surface area contributed by atoms with Gasteiger partial charge in [0, 0.05) is 6.20 Å². The molecule has 0 saturated carbocycles. The molecule has 0 amide bonds. The maximum Gasteiger partial charge on any atom is 0.142 e. The van der Waals surface area contributed by atoms with Gasteiger partial charge in [-0.05, 0) is 22.9 Å². The molecule has 0 aliphatic rings. The minimum Gasteiger partial charge on any atom is -0.338 e. The highest BCUT2D eigenvalue weighted by molar-refractivity contribution is 7.71. The third-order valence-corrected chi connectivity index (χ3v) is 3.02. The summed E-state index contributed by atoms with van der Waals surface area (Å²) in [7, 11) is 0. The van der Waals surface area contributed by atoms with Crippen LogP contribution < -0.4 is 5.84 Å². The standard InChI is InChI=1S/C7H6N2S2/c8-9-3-1-5-2-4-11-6(5)7(9)10/h1-4H,8H2. The van der Waals surface area contributed by atoms with E-state index in [4.69, 9.17) is 18.1 Å². The summed E-state index contributed by atoms with van der Waals surface area (Å²) in [5, 5.41) is 3.18. The van der Waals surface area contributed by atoms with Crippen molar-refractivity contribution in [1.29, 1.82) is 0 Å². The van der Waals surface area contributed by atoms with E-state index in [1.807, 2.05) is 17.5 Å². The van der Waals surface area contributed by atoms with Crippen molar-refractivity contribution in [3.8, 4) is 0 Å². The van der Waals surface area contributed by atoms with Gasteiger partial charge >= 0.3 is 0 Å². The molecule has 2 nitrogen and oxygen atoms in total. The summed E-state index contributed by atoms with van der Waals surface area (Å²) in [4.78, 5) is 0. The molecule has 0 radical (unpaired) electrons. The van der Waals surface area contributed by atoms with E-state index in [0.29, 0.717) is 4.64 Å². The first-order chi connectivity index (χ1) is 5.29. The Bertz CT molecular complexity index is 441. The molecule has 2 rings (SSSR count). The molecule has 2 N–H and O–H groups in total. The van der Waals surface area contributed by atoms with Crippen LogP contribution in [0.15, 0.2) is 23.7 Å². The number of nitrogens with two attached hydrogens (primary N) is 1. The molecule has 56 valence electrons. The van der Waals surface area contributed by atoms with E-state index < -0.39 is 0 Å². The quantitative estimate of drug-likeness (QED) is 0.500. The molecule has 2 aromatic rings. The molecule has 0 aliphatic carbocycles. The van der Waals surface area contributed by atoms with Crippen LogP contribution in [0.3, 0.4) is 0 Å². The van der Waals surface area contributed by atoms with E-state index in [1.54, 1.807) is 17.5 Å². The number of rotatable bonds is 0. The van der Waals surface area contributed by atoms with Crippen LogP contribution in [-0.2, 0) is 0 Å². The maximum atomic E-state index is 5.56. The molecule has 0 unspecified atom stereocenters. The Morgan fingerprint density at radius 2 is 2.27 bits per heavy atom. The van der Waals surface area contributed by atoms with Crippen molar-refractivity contribution < 1.29 is 0 Å². The van der Waals surface area contributed by atoms with E-state index in [0.717, 1.165) is 4.70 Å². The van der Waals surface area contributed by atoms with Gasteiger partial charge in [0.2, 0.25) is 0 Å². The van der Waals surface area contributed by atoms with Gasteiger partial charge in [-0.1, -0.05) is 12.2 Å². The first kappa shape index (κ1) is 6.82. The van der Waals surface area contributed by atoms with Gasteiger partial charge in [0.25, 0.3) is 0 Å². The van der Waals surface area contributed by atoms with E-state index in [9.17, 15) is 0 Å². The van der Waals surface area contributed by atoms with Crippen molar-refractivity contribution in [2.45, 2.75) is 0 Å². The second kappa shape index (κ2) is 2.32. The van der Waals surface area contributed by atoms with Crippen molar-refractivity contribution >= 4 is 33.6 Å². The summed E-state index contributed by atoms with van der Waals surface area (Å²) >= 11 is 6.72. The molecule has 2 heterocycles. The monoisotopic (exact) mass is 182 g/mol. The van der Waals surface area contributed by atoms with E-state index in [1.165, 1.54) is 10.1 Å². The lowest BCUT2D eigenvalue weighted by atomic mass is 10.3. The Morgan fingerprint density at radius 1 is 1.45 bits per heavy atom. The van der Waals surface area contributed by atoms with Crippen LogP contribution in [0.25, 0.3) is 10.1 Å². The lowest BCUT2D eigenvalue weighted by molar-refractivity contribution is 0.987. The second-order valence-corrected chi connectivity index (χ2v) is 3.54. The number of nitrogens with zero attached hydrogens (tertiary/aromatic N) is 1. The highest BCUT2D eigenvalue weighted by atomic mass is 32.1. The first-order valence-electron chi connectivity index (χ1n) is 3.13. The van der Waals surface area contributed by atoms with Crippen LogP contribution in [-0.4, -0.2) is 4.68 Å². The smallest absolute Gasteiger partial charge is 0.142 e. The number of fused-ring (bicyclic) bond motifs is 1. The van der Waals surface area contributed by atoms with Crippen molar-refractivity contribution in [3.63, 3.8) is 0 Å². The van der Waals surface area contributed by atoms with Crippen LogP contribution in [0.4, 0.5) is 0 Å². The van der Waals surface area contributed by atoms with Crippen LogP contribution in [0.1, 0.15) is 0 Å². The molecule has 0 aliphatic heterocycles. The van der Waals surface area contributed by atoms with Gasteiger partial charge in [-0.2, -0.15) is 0 Å². The number of pyridine rings is 1. The lowest BCUT2D eigenvalue weighted by Gasteiger charge is -1.96. The molecule has 4 heteroatoms. The predicted molar refractivity (Wildman–Crippen MR) is 50.8 cm³/mol. The van der Waals surface area contributed by atoms with Crippen molar-refractivity contribution in [3.05, 3.63) is 28.4 Å². The second-order valence-electron chi connectivity index (χ2n) is 2.23. The third-order valence-electron chi connectivity index (χ3n) is 1.54. The summed E-state index contributed by atoms with van der Waals surface area (Å²) in [6.07, 6.45) is 1.78. The number of aromatic nitrogens is 1.